The van der Waals surface area contributed by atoms with Gasteiger partial charge in [0.05, 0.1) is 5.69 Å². The maximum Gasteiger partial charge on any atom is 0.270 e. The molecule has 0 spiro atoms. The van der Waals surface area contributed by atoms with Gasteiger partial charge in [0.1, 0.15) is 22.9 Å². The summed E-state index contributed by atoms with van der Waals surface area (Å²) >= 11 is 11.1. The quantitative estimate of drug-likeness (QED) is 0.340. The lowest BCUT2D eigenvalue weighted by molar-refractivity contribution is -0.122. The normalized spacial score (nSPS) is 15.2. The summed E-state index contributed by atoms with van der Waals surface area (Å²) in [5, 5.41) is 3.05. The fraction of sp³-hybridized carbons (Fsp3) is 0. The van der Waals surface area contributed by atoms with Crippen molar-refractivity contribution in [2.45, 2.75) is 0 Å². The fourth-order valence-corrected chi connectivity index (χ4v) is 3.33. The average molecular weight is 453 g/mol. The summed E-state index contributed by atoms with van der Waals surface area (Å²) in [6, 6.07) is 19.0. The van der Waals surface area contributed by atoms with Crippen molar-refractivity contribution in [3.05, 3.63) is 94.8 Å². The van der Waals surface area contributed by atoms with Crippen LogP contribution in [0.4, 0.5) is 10.1 Å². The van der Waals surface area contributed by atoms with Gasteiger partial charge < -0.3 is 4.74 Å². The van der Waals surface area contributed by atoms with Crippen LogP contribution in [0.5, 0.6) is 11.5 Å². The van der Waals surface area contributed by atoms with Crippen LogP contribution in [0.25, 0.3) is 6.08 Å². The Hall–Kier alpha value is -3.55. The minimum atomic E-state index is -0.577. The molecule has 0 unspecified atom stereocenters. The van der Waals surface area contributed by atoms with E-state index in [0.717, 1.165) is 0 Å². The summed E-state index contributed by atoms with van der Waals surface area (Å²) in [5.41, 5.74) is 1.05. The number of benzene rings is 3. The van der Waals surface area contributed by atoms with Crippen molar-refractivity contribution in [1.82, 2.24) is 5.32 Å². The van der Waals surface area contributed by atoms with E-state index in [1.807, 2.05) is 0 Å². The van der Waals surface area contributed by atoms with E-state index in [1.165, 1.54) is 35.2 Å². The molecule has 5 nitrogen and oxygen atoms in total. The van der Waals surface area contributed by atoms with E-state index in [0.29, 0.717) is 27.8 Å². The molecule has 0 saturated carbocycles. The lowest BCUT2D eigenvalue weighted by Crippen LogP contribution is -2.54. The van der Waals surface area contributed by atoms with Gasteiger partial charge in [-0.2, -0.15) is 0 Å². The summed E-state index contributed by atoms with van der Waals surface area (Å²) in [6.45, 7) is 0. The first kappa shape index (κ1) is 20.7. The maximum atomic E-state index is 13.0. The van der Waals surface area contributed by atoms with Gasteiger partial charge in [0, 0.05) is 5.02 Å². The van der Waals surface area contributed by atoms with Gasteiger partial charge in [-0.1, -0.05) is 23.7 Å². The molecule has 8 heteroatoms. The van der Waals surface area contributed by atoms with E-state index in [4.69, 9.17) is 28.6 Å². The molecule has 1 fully saturated rings. The summed E-state index contributed by atoms with van der Waals surface area (Å²) in [5.74, 6) is -0.454. The Morgan fingerprint density at radius 3 is 2.10 bits per heavy atom. The van der Waals surface area contributed by atoms with E-state index in [1.54, 1.807) is 48.5 Å². The highest BCUT2D eigenvalue weighted by Crippen LogP contribution is 2.25. The van der Waals surface area contributed by atoms with Crippen LogP contribution in [-0.2, 0) is 9.59 Å². The SMILES string of the molecule is O=C1NC(=S)N(c2ccc(Cl)cc2)C(=O)/C1=C/c1ccc(Oc2ccc(F)cc2)cc1. The number of ether oxygens (including phenoxy) is 1. The zero-order valence-corrected chi connectivity index (χ0v) is 17.4. The highest BCUT2D eigenvalue weighted by Gasteiger charge is 2.34. The van der Waals surface area contributed by atoms with Crippen LogP contribution in [0, 0.1) is 5.82 Å². The van der Waals surface area contributed by atoms with Crippen LogP contribution in [0.1, 0.15) is 5.56 Å². The van der Waals surface area contributed by atoms with E-state index in [2.05, 4.69) is 5.32 Å². The molecule has 31 heavy (non-hydrogen) atoms. The summed E-state index contributed by atoms with van der Waals surface area (Å²) in [7, 11) is 0. The molecule has 3 aromatic carbocycles. The minimum absolute atomic E-state index is 0.00230. The number of hydrogen-bond donors (Lipinski definition) is 1. The zero-order valence-electron chi connectivity index (χ0n) is 15.8. The molecule has 0 aromatic heterocycles. The molecule has 2 amide bonds. The number of nitrogens with zero attached hydrogens (tertiary/aromatic N) is 1. The van der Waals surface area contributed by atoms with Crippen LogP contribution >= 0.6 is 23.8 Å². The zero-order chi connectivity index (χ0) is 22.0. The second-order valence-electron chi connectivity index (χ2n) is 6.56. The molecule has 1 heterocycles. The average Bonchev–Trinajstić information content (AvgIpc) is 2.75. The van der Waals surface area contributed by atoms with Gasteiger partial charge in [-0.05, 0) is 84.5 Å². The summed E-state index contributed by atoms with van der Waals surface area (Å²) < 4.78 is 18.7. The van der Waals surface area contributed by atoms with Crippen molar-refractivity contribution < 1.29 is 18.7 Å². The minimum Gasteiger partial charge on any atom is -0.457 e. The lowest BCUT2D eigenvalue weighted by Gasteiger charge is -2.28. The molecule has 0 radical (unpaired) electrons. The Labute approximate surface area is 187 Å². The molecule has 0 bridgehead atoms. The number of carbonyl (C=O) groups is 2. The van der Waals surface area contributed by atoms with Crippen LogP contribution < -0.4 is 15.0 Å². The first-order valence-corrected chi connectivity index (χ1v) is 9.90. The molecular weight excluding hydrogens is 439 g/mol. The van der Waals surface area contributed by atoms with Crippen LogP contribution in [-0.4, -0.2) is 16.9 Å². The second-order valence-corrected chi connectivity index (χ2v) is 7.38. The van der Waals surface area contributed by atoms with Crippen molar-refractivity contribution in [3.8, 4) is 11.5 Å². The monoisotopic (exact) mass is 452 g/mol. The van der Waals surface area contributed by atoms with Crippen molar-refractivity contribution in [2.75, 3.05) is 4.90 Å². The van der Waals surface area contributed by atoms with Gasteiger partial charge in [-0.3, -0.25) is 19.8 Å². The van der Waals surface area contributed by atoms with Crippen molar-refractivity contribution in [3.63, 3.8) is 0 Å². The number of amides is 2. The standard InChI is InChI=1S/C23H14ClFN2O3S/c24-15-3-7-17(8-4-15)27-22(29)20(21(28)26-23(27)31)13-14-1-9-18(10-2-14)30-19-11-5-16(25)6-12-19/h1-13H,(H,26,28,31)/b20-13+. The molecule has 1 aliphatic rings. The highest BCUT2D eigenvalue weighted by molar-refractivity contribution is 7.80. The topological polar surface area (TPSA) is 58.6 Å². The number of hydrogen-bond acceptors (Lipinski definition) is 4. The number of anilines is 1. The van der Waals surface area contributed by atoms with Gasteiger partial charge in [0.25, 0.3) is 11.8 Å². The predicted molar refractivity (Wildman–Crippen MR) is 121 cm³/mol. The smallest absolute Gasteiger partial charge is 0.270 e. The summed E-state index contributed by atoms with van der Waals surface area (Å²) in [4.78, 5) is 26.6. The number of halogens is 2. The third-order valence-electron chi connectivity index (χ3n) is 4.43. The highest BCUT2D eigenvalue weighted by atomic mass is 35.5. The fourth-order valence-electron chi connectivity index (χ4n) is 2.92. The van der Waals surface area contributed by atoms with Gasteiger partial charge >= 0.3 is 0 Å². The van der Waals surface area contributed by atoms with E-state index >= 15 is 0 Å². The third-order valence-corrected chi connectivity index (χ3v) is 4.96. The molecule has 1 saturated heterocycles. The maximum absolute atomic E-state index is 13.0. The molecule has 3 aromatic rings. The first-order chi connectivity index (χ1) is 14.9. The van der Waals surface area contributed by atoms with E-state index in [-0.39, 0.29) is 16.5 Å². The Morgan fingerprint density at radius 2 is 1.48 bits per heavy atom. The van der Waals surface area contributed by atoms with Crippen molar-refractivity contribution in [2.24, 2.45) is 0 Å². The van der Waals surface area contributed by atoms with Crippen molar-refractivity contribution >= 4 is 52.5 Å². The van der Waals surface area contributed by atoms with Gasteiger partial charge in [-0.25, -0.2) is 4.39 Å². The Balaban J connectivity index is 1.57. The van der Waals surface area contributed by atoms with Crippen LogP contribution in [0.2, 0.25) is 5.02 Å². The molecular formula is C23H14ClFN2O3S. The van der Waals surface area contributed by atoms with Gasteiger partial charge in [-0.15, -0.1) is 0 Å². The van der Waals surface area contributed by atoms with Crippen LogP contribution in [0.15, 0.2) is 78.4 Å². The Morgan fingerprint density at radius 1 is 0.903 bits per heavy atom. The second kappa shape index (κ2) is 8.67. The molecule has 1 aliphatic heterocycles. The number of nitrogens with one attached hydrogen (secondary N) is 1. The van der Waals surface area contributed by atoms with Crippen molar-refractivity contribution in [1.29, 1.82) is 0 Å². The predicted octanol–water partition coefficient (Wildman–Crippen LogP) is 5.10. The molecule has 0 aliphatic carbocycles. The molecule has 154 valence electrons. The molecule has 1 N–H and O–H groups in total. The number of rotatable bonds is 4. The summed E-state index contributed by atoms with van der Waals surface area (Å²) in [6.07, 6.45) is 1.48. The lowest BCUT2D eigenvalue weighted by atomic mass is 10.1. The third kappa shape index (κ3) is 4.63. The first-order valence-electron chi connectivity index (χ1n) is 9.11. The number of carbonyl (C=O) groups excluding carboxylic acids is 2. The Kier molecular flexibility index (Phi) is 5.79. The number of thiocarbonyl (C=S) groups is 1. The van der Waals surface area contributed by atoms with Gasteiger partial charge in [0.2, 0.25) is 0 Å². The Bertz CT molecular complexity index is 1190. The largest absolute Gasteiger partial charge is 0.457 e. The van der Waals surface area contributed by atoms with Gasteiger partial charge in [0.15, 0.2) is 5.11 Å². The van der Waals surface area contributed by atoms with E-state index < -0.39 is 11.8 Å². The molecule has 4 rings (SSSR count). The van der Waals surface area contributed by atoms with Crippen LogP contribution in [0.3, 0.4) is 0 Å². The molecule has 0 atom stereocenters. The van der Waals surface area contributed by atoms with E-state index in [9.17, 15) is 14.0 Å².